The Morgan fingerprint density at radius 3 is 2.86 bits per heavy atom. The Morgan fingerprint density at radius 1 is 1.41 bits per heavy atom. The van der Waals surface area contributed by atoms with Gasteiger partial charge in [-0.3, -0.25) is 9.59 Å². The quantitative estimate of drug-likeness (QED) is 0.885. The summed E-state index contributed by atoms with van der Waals surface area (Å²) >= 11 is 0. The third-order valence-electron chi connectivity index (χ3n) is 3.49. The van der Waals surface area contributed by atoms with E-state index in [9.17, 15) is 9.59 Å². The van der Waals surface area contributed by atoms with Gasteiger partial charge >= 0.3 is 5.97 Å². The molecule has 3 rings (SSSR count). The normalized spacial score (nSPS) is 13.9. The van der Waals surface area contributed by atoms with E-state index >= 15 is 0 Å². The van der Waals surface area contributed by atoms with Crippen molar-refractivity contribution in [3.05, 3.63) is 47.2 Å². The second-order valence-electron chi connectivity index (χ2n) is 5.47. The van der Waals surface area contributed by atoms with E-state index in [2.05, 4.69) is 10.3 Å². The molecular weight excluding hydrogens is 284 g/mol. The molecule has 0 radical (unpaired) electrons. The van der Waals surface area contributed by atoms with Crippen molar-refractivity contribution in [2.45, 2.75) is 32.1 Å². The van der Waals surface area contributed by atoms with Crippen LogP contribution in [0.1, 0.15) is 46.5 Å². The fourth-order valence-electron chi connectivity index (χ4n) is 2.25. The summed E-state index contributed by atoms with van der Waals surface area (Å²) in [6.45, 7) is 1.74. The van der Waals surface area contributed by atoms with Gasteiger partial charge in [-0.25, -0.2) is 4.98 Å². The summed E-state index contributed by atoms with van der Waals surface area (Å²) in [6.07, 6.45) is 2.02. The fraction of sp³-hybridized carbons (Fsp3) is 0.312. The molecule has 1 fully saturated rings. The number of oxazole rings is 1. The van der Waals surface area contributed by atoms with E-state index < -0.39 is 5.97 Å². The number of anilines is 1. The van der Waals surface area contributed by atoms with E-state index in [1.807, 2.05) is 0 Å². The Balaban J connectivity index is 1.75. The van der Waals surface area contributed by atoms with Crippen LogP contribution >= 0.6 is 0 Å². The number of carbonyl (C=O) groups excluding carboxylic acids is 1. The lowest BCUT2D eigenvalue weighted by molar-refractivity contribution is -0.136. The number of nitrogens with zero attached hydrogens (tertiary/aromatic N) is 1. The van der Waals surface area contributed by atoms with Crippen LogP contribution in [0.5, 0.6) is 0 Å². The van der Waals surface area contributed by atoms with Crippen LogP contribution in [0.2, 0.25) is 0 Å². The molecule has 0 bridgehead atoms. The molecule has 6 heteroatoms. The Bertz CT molecular complexity index is 731. The predicted octanol–water partition coefficient (Wildman–Crippen LogP) is 2.74. The first kappa shape index (κ1) is 14.3. The molecule has 1 aliphatic rings. The van der Waals surface area contributed by atoms with Crippen LogP contribution in [0.3, 0.4) is 0 Å². The largest absolute Gasteiger partial charge is 0.481 e. The lowest BCUT2D eigenvalue weighted by atomic mass is 10.1. The Hall–Kier alpha value is -2.63. The summed E-state index contributed by atoms with van der Waals surface area (Å²) in [7, 11) is 0. The van der Waals surface area contributed by atoms with Crippen LogP contribution in [0.15, 0.2) is 28.7 Å². The molecule has 1 aromatic heterocycles. The molecule has 6 nitrogen and oxygen atoms in total. The van der Waals surface area contributed by atoms with Crippen LogP contribution in [0, 0.1) is 6.92 Å². The summed E-state index contributed by atoms with van der Waals surface area (Å²) < 4.78 is 5.55. The van der Waals surface area contributed by atoms with Crippen molar-refractivity contribution in [2.75, 3.05) is 5.32 Å². The Labute approximate surface area is 127 Å². The number of carbonyl (C=O) groups is 2. The molecule has 0 aliphatic heterocycles. The van der Waals surface area contributed by atoms with Crippen LogP contribution in [-0.4, -0.2) is 22.0 Å². The molecule has 0 saturated heterocycles. The van der Waals surface area contributed by atoms with Crippen molar-refractivity contribution in [1.29, 1.82) is 0 Å². The number of amides is 1. The average molecular weight is 300 g/mol. The molecule has 0 atom stereocenters. The van der Waals surface area contributed by atoms with Gasteiger partial charge in [-0.1, -0.05) is 12.1 Å². The molecule has 1 aromatic carbocycles. The standard InChI is InChI=1S/C16H16N2O4/c1-9-14(22-16(17-9)11-5-6-11)15(21)18-12-4-2-3-10(7-12)8-13(19)20/h2-4,7,11H,5-6,8H2,1H3,(H,18,21)(H,19,20). The molecule has 1 heterocycles. The minimum atomic E-state index is -0.913. The average Bonchev–Trinajstić information content (AvgIpc) is 3.21. The number of nitrogens with one attached hydrogen (secondary N) is 1. The maximum atomic E-state index is 12.3. The second-order valence-corrected chi connectivity index (χ2v) is 5.47. The number of aryl methyl sites for hydroxylation is 1. The molecule has 22 heavy (non-hydrogen) atoms. The first-order valence-electron chi connectivity index (χ1n) is 7.12. The minimum absolute atomic E-state index is 0.0864. The molecule has 1 amide bonds. The Kier molecular flexibility index (Phi) is 3.66. The predicted molar refractivity (Wildman–Crippen MR) is 79.0 cm³/mol. The number of rotatable bonds is 5. The monoisotopic (exact) mass is 300 g/mol. The van der Waals surface area contributed by atoms with E-state index in [-0.39, 0.29) is 18.1 Å². The van der Waals surface area contributed by atoms with Crippen molar-refractivity contribution >= 4 is 17.6 Å². The van der Waals surface area contributed by atoms with Gasteiger partial charge in [-0.05, 0) is 37.5 Å². The smallest absolute Gasteiger partial charge is 0.307 e. The van der Waals surface area contributed by atoms with Gasteiger partial charge in [-0.2, -0.15) is 0 Å². The summed E-state index contributed by atoms with van der Waals surface area (Å²) in [5, 5.41) is 11.5. The number of benzene rings is 1. The molecule has 0 unspecified atom stereocenters. The summed E-state index contributed by atoms with van der Waals surface area (Å²) in [4.78, 5) is 27.3. The highest BCUT2D eigenvalue weighted by Gasteiger charge is 2.30. The zero-order valence-electron chi connectivity index (χ0n) is 12.1. The first-order valence-corrected chi connectivity index (χ1v) is 7.12. The molecule has 1 aliphatic carbocycles. The lowest BCUT2D eigenvalue weighted by Crippen LogP contribution is -2.12. The topological polar surface area (TPSA) is 92.4 Å². The van der Waals surface area contributed by atoms with E-state index in [0.717, 1.165) is 12.8 Å². The van der Waals surface area contributed by atoms with Gasteiger partial charge in [0.1, 0.15) is 0 Å². The van der Waals surface area contributed by atoms with Crippen LogP contribution in [0.25, 0.3) is 0 Å². The van der Waals surface area contributed by atoms with Gasteiger partial charge in [0.05, 0.1) is 12.1 Å². The van der Waals surface area contributed by atoms with E-state index in [4.69, 9.17) is 9.52 Å². The second kappa shape index (κ2) is 5.63. The first-order chi connectivity index (χ1) is 10.5. The van der Waals surface area contributed by atoms with Crippen LogP contribution < -0.4 is 5.32 Å². The highest BCUT2D eigenvalue weighted by atomic mass is 16.4. The molecular formula is C16H16N2O4. The minimum Gasteiger partial charge on any atom is -0.481 e. The lowest BCUT2D eigenvalue weighted by Gasteiger charge is -2.05. The zero-order chi connectivity index (χ0) is 15.7. The number of aromatic nitrogens is 1. The van der Waals surface area contributed by atoms with Gasteiger partial charge in [0.2, 0.25) is 5.76 Å². The molecule has 2 aromatic rings. The van der Waals surface area contributed by atoms with Crippen molar-refractivity contribution in [3.63, 3.8) is 0 Å². The molecule has 0 spiro atoms. The number of hydrogen-bond donors (Lipinski definition) is 2. The summed E-state index contributed by atoms with van der Waals surface area (Å²) in [5.41, 5.74) is 1.73. The van der Waals surface area contributed by atoms with Crippen molar-refractivity contribution in [3.8, 4) is 0 Å². The third kappa shape index (κ3) is 3.16. The van der Waals surface area contributed by atoms with Crippen molar-refractivity contribution in [2.24, 2.45) is 0 Å². The SMILES string of the molecule is Cc1nc(C2CC2)oc1C(=O)Nc1cccc(CC(=O)O)c1. The van der Waals surface area contributed by atoms with Crippen LogP contribution in [0.4, 0.5) is 5.69 Å². The maximum absolute atomic E-state index is 12.3. The number of aliphatic carboxylic acids is 1. The van der Waals surface area contributed by atoms with Gasteiger partial charge in [0, 0.05) is 11.6 Å². The Morgan fingerprint density at radius 2 is 2.18 bits per heavy atom. The molecule has 114 valence electrons. The number of carboxylic acid groups (broad SMARTS) is 1. The highest BCUT2D eigenvalue weighted by molar-refractivity contribution is 6.03. The highest BCUT2D eigenvalue weighted by Crippen LogP contribution is 2.40. The van der Waals surface area contributed by atoms with E-state index in [0.29, 0.717) is 28.8 Å². The zero-order valence-corrected chi connectivity index (χ0v) is 12.1. The van der Waals surface area contributed by atoms with E-state index in [1.54, 1.807) is 31.2 Å². The van der Waals surface area contributed by atoms with Crippen molar-refractivity contribution in [1.82, 2.24) is 4.98 Å². The maximum Gasteiger partial charge on any atom is 0.307 e. The van der Waals surface area contributed by atoms with Gasteiger partial charge in [0.15, 0.2) is 5.89 Å². The number of hydrogen-bond acceptors (Lipinski definition) is 4. The number of carboxylic acids is 1. The summed E-state index contributed by atoms with van der Waals surface area (Å²) in [6, 6.07) is 6.75. The molecule has 2 N–H and O–H groups in total. The van der Waals surface area contributed by atoms with Crippen LogP contribution in [-0.2, 0) is 11.2 Å². The summed E-state index contributed by atoms with van der Waals surface area (Å²) in [5.74, 6) is -0.0973. The van der Waals surface area contributed by atoms with Gasteiger partial charge < -0.3 is 14.8 Å². The van der Waals surface area contributed by atoms with Crippen molar-refractivity contribution < 1.29 is 19.1 Å². The fourth-order valence-corrected chi connectivity index (χ4v) is 2.25. The third-order valence-corrected chi connectivity index (χ3v) is 3.49. The molecule has 1 saturated carbocycles. The van der Waals surface area contributed by atoms with Gasteiger partial charge in [0.25, 0.3) is 5.91 Å². The van der Waals surface area contributed by atoms with Gasteiger partial charge in [-0.15, -0.1) is 0 Å². The van der Waals surface area contributed by atoms with E-state index in [1.165, 1.54) is 0 Å².